The highest BCUT2D eigenvalue weighted by Gasteiger charge is 2.44. The Morgan fingerprint density at radius 2 is 0.744 bits per heavy atom. The molecule has 7 atom stereocenters. The van der Waals surface area contributed by atoms with E-state index in [9.17, 15) is 35.1 Å². The predicted molar refractivity (Wildman–Crippen MR) is 380 cm³/mol. The summed E-state index contributed by atoms with van der Waals surface area (Å²) in [4.78, 5) is 25.1. The zero-order chi connectivity index (χ0) is 65.1. The second-order valence-corrected chi connectivity index (χ2v) is 27.1. The van der Waals surface area contributed by atoms with Crippen LogP contribution in [0.2, 0.25) is 0 Å². The van der Waals surface area contributed by atoms with Crippen molar-refractivity contribution < 1.29 is 49.3 Å². The molecule has 0 saturated carbocycles. The summed E-state index contributed by atoms with van der Waals surface area (Å²) in [5, 5.41) is 54.5. The zero-order valence-electron chi connectivity index (χ0n) is 58.9. The average molecular weight is 1270 g/mol. The van der Waals surface area contributed by atoms with Crippen molar-refractivity contribution in [1.29, 1.82) is 0 Å². The Bertz CT molecular complexity index is 1630. The molecule has 1 fully saturated rings. The van der Waals surface area contributed by atoms with Crippen molar-refractivity contribution in [2.75, 3.05) is 19.8 Å². The van der Waals surface area contributed by atoms with Crippen LogP contribution in [0.1, 0.15) is 380 Å². The molecule has 6 N–H and O–H groups in total. The van der Waals surface area contributed by atoms with Crippen molar-refractivity contribution >= 4 is 11.9 Å². The molecule has 11 heteroatoms. The van der Waals surface area contributed by atoms with Gasteiger partial charge in [-0.1, -0.05) is 326 Å². The van der Waals surface area contributed by atoms with Crippen LogP contribution in [0.25, 0.3) is 0 Å². The molecule has 1 saturated heterocycles. The first-order valence-electron chi connectivity index (χ1n) is 38.9. The lowest BCUT2D eigenvalue weighted by Crippen LogP contribution is -2.60. The standard InChI is InChI=1S/C79H147NO10/c1-3-5-7-9-11-13-15-47-51-55-59-63-67-75(84)88-68-64-60-56-52-48-44-42-40-38-36-34-32-30-28-26-24-22-20-18-16-17-19-21-23-25-27-29-31-33-35-37-39-41-43-46-50-54-58-62-66-74(83)80-71(70-89-79-78(87)77(86)76(85)73(69-81)90-79)72(82)65-61-57-53-49-45-14-12-10-8-6-4-2/h11,13,16-17,20,22,61,65,71-73,76-79,81-82,85-87H,3-10,12,14-15,18-19,21,23-60,62-64,66-70H2,1-2H3,(H,80,83)/b13-11-,17-16-,22-20-,65-61+. The number of rotatable bonds is 69. The molecule has 7 unspecified atom stereocenters. The summed E-state index contributed by atoms with van der Waals surface area (Å²) in [5.74, 6) is -0.173. The second kappa shape index (κ2) is 68.0. The van der Waals surface area contributed by atoms with Gasteiger partial charge in [0.15, 0.2) is 6.29 Å². The molecule has 0 aliphatic carbocycles. The van der Waals surface area contributed by atoms with Crippen molar-refractivity contribution in [3.05, 3.63) is 48.6 Å². The van der Waals surface area contributed by atoms with E-state index in [1.165, 1.54) is 289 Å². The molecular weight excluding hydrogens is 1120 g/mol. The highest BCUT2D eigenvalue weighted by molar-refractivity contribution is 5.76. The van der Waals surface area contributed by atoms with Crippen LogP contribution in [-0.4, -0.2) is 100 Å². The molecule has 11 nitrogen and oxygen atoms in total. The normalized spacial score (nSPS) is 17.9. The molecule has 0 spiro atoms. The van der Waals surface area contributed by atoms with Gasteiger partial charge in [0.05, 0.1) is 32.0 Å². The fourth-order valence-electron chi connectivity index (χ4n) is 12.3. The maximum absolute atomic E-state index is 13.1. The van der Waals surface area contributed by atoms with Crippen LogP contribution in [0.5, 0.6) is 0 Å². The number of hydrogen-bond acceptors (Lipinski definition) is 10. The lowest BCUT2D eigenvalue weighted by Gasteiger charge is -2.40. The Labute approximate surface area is 555 Å². The minimum Gasteiger partial charge on any atom is -0.466 e. The SMILES string of the molecule is CCCCC/C=C\CCCCCCCC(=O)OCCCCCCCCCCCCCCCCC/C=C\C/C=C\CCCCCCCCCCCCCCCCCCCC(=O)NC(COC1OC(CO)C(O)C(O)C1O)C(O)/C=C/CCCCCCCCCCC. The molecular formula is C79H147NO10. The van der Waals surface area contributed by atoms with Gasteiger partial charge >= 0.3 is 5.97 Å². The van der Waals surface area contributed by atoms with Crippen LogP contribution >= 0.6 is 0 Å². The van der Waals surface area contributed by atoms with Gasteiger partial charge in [0.25, 0.3) is 0 Å². The number of esters is 1. The number of carbonyl (C=O) groups is 2. The van der Waals surface area contributed by atoms with E-state index in [0.29, 0.717) is 19.4 Å². The first-order valence-corrected chi connectivity index (χ1v) is 38.9. The van der Waals surface area contributed by atoms with Crippen molar-refractivity contribution in [1.82, 2.24) is 5.32 Å². The molecule has 1 heterocycles. The Balaban J connectivity index is 1.90. The van der Waals surface area contributed by atoms with E-state index in [4.69, 9.17) is 14.2 Å². The summed E-state index contributed by atoms with van der Waals surface area (Å²) in [6.45, 7) is 4.35. The quantitative estimate of drug-likeness (QED) is 0.0195. The third-order valence-electron chi connectivity index (χ3n) is 18.4. The number of nitrogens with one attached hydrogen (secondary N) is 1. The highest BCUT2D eigenvalue weighted by Crippen LogP contribution is 2.24. The summed E-state index contributed by atoms with van der Waals surface area (Å²) in [6.07, 6.45) is 80.0. The molecule has 0 radical (unpaired) electrons. The van der Waals surface area contributed by atoms with Gasteiger partial charge in [-0.2, -0.15) is 0 Å². The second-order valence-electron chi connectivity index (χ2n) is 27.1. The number of allylic oxidation sites excluding steroid dienone is 7. The summed E-state index contributed by atoms with van der Waals surface area (Å²) in [7, 11) is 0. The summed E-state index contributed by atoms with van der Waals surface area (Å²) in [5.41, 5.74) is 0. The number of ether oxygens (including phenoxy) is 3. The minimum atomic E-state index is -1.57. The number of aliphatic hydroxyl groups excluding tert-OH is 5. The molecule has 0 aromatic carbocycles. The van der Waals surface area contributed by atoms with Crippen molar-refractivity contribution in [2.24, 2.45) is 0 Å². The van der Waals surface area contributed by atoms with Crippen LogP contribution in [0.4, 0.5) is 0 Å². The molecule has 0 bridgehead atoms. The number of hydrogen-bond donors (Lipinski definition) is 6. The first-order chi connectivity index (χ1) is 44.2. The molecule has 1 aliphatic rings. The van der Waals surface area contributed by atoms with E-state index >= 15 is 0 Å². The van der Waals surface area contributed by atoms with Gasteiger partial charge in [-0.05, 0) is 89.9 Å². The van der Waals surface area contributed by atoms with E-state index < -0.39 is 49.5 Å². The number of aliphatic hydroxyl groups is 5. The van der Waals surface area contributed by atoms with Gasteiger partial charge in [0.1, 0.15) is 24.4 Å². The maximum Gasteiger partial charge on any atom is 0.305 e. The molecule has 90 heavy (non-hydrogen) atoms. The molecule has 1 amide bonds. The van der Waals surface area contributed by atoms with Gasteiger partial charge < -0.3 is 45.1 Å². The Hall–Kier alpha value is -2.38. The topological polar surface area (TPSA) is 175 Å². The fourth-order valence-corrected chi connectivity index (χ4v) is 12.3. The third-order valence-corrected chi connectivity index (χ3v) is 18.4. The summed E-state index contributed by atoms with van der Waals surface area (Å²) in [6, 6.07) is -0.807. The Morgan fingerprint density at radius 3 is 1.16 bits per heavy atom. The van der Waals surface area contributed by atoms with Gasteiger partial charge in [-0.25, -0.2) is 0 Å². The van der Waals surface area contributed by atoms with Crippen molar-refractivity contribution in [3.63, 3.8) is 0 Å². The molecule has 1 rings (SSSR count). The van der Waals surface area contributed by atoms with Crippen LogP contribution in [0, 0.1) is 0 Å². The van der Waals surface area contributed by atoms with Gasteiger partial charge in [0, 0.05) is 12.8 Å². The van der Waals surface area contributed by atoms with Gasteiger partial charge in [0.2, 0.25) is 5.91 Å². The Morgan fingerprint density at radius 1 is 0.411 bits per heavy atom. The first kappa shape index (κ1) is 85.6. The lowest BCUT2D eigenvalue weighted by molar-refractivity contribution is -0.302. The molecule has 0 aromatic rings. The summed E-state index contributed by atoms with van der Waals surface area (Å²) < 4.78 is 16.7. The largest absolute Gasteiger partial charge is 0.466 e. The summed E-state index contributed by atoms with van der Waals surface area (Å²) >= 11 is 0. The molecule has 1 aliphatic heterocycles. The highest BCUT2D eigenvalue weighted by atomic mass is 16.7. The Kier molecular flexibility index (Phi) is 64.7. The number of amides is 1. The molecule has 528 valence electrons. The smallest absolute Gasteiger partial charge is 0.305 e. The van der Waals surface area contributed by atoms with Crippen LogP contribution in [0.15, 0.2) is 48.6 Å². The maximum atomic E-state index is 13.1. The predicted octanol–water partition coefficient (Wildman–Crippen LogP) is 20.7. The zero-order valence-corrected chi connectivity index (χ0v) is 58.9. The monoisotopic (exact) mass is 1270 g/mol. The van der Waals surface area contributed by atoms with E-state index in [1.54, 1.807) is 6.08 Å². The van der Waals surface area contributed by atoms with Crippen LogP contribution in [-0.2, 0) is 23.8 Å². The lowest BCUT2D eigenvalue weighted by atomic mass is 9.99. The molecule has 0 aromatic heterocycles. The minimum absolute atomic E-state index is 0.00462. The van der Waals surface area contributed by atoms with Crippen molar-refractivity contribution in [3.8, 4) is 0 Å². The van der Waals surface area contributed by atoms with Crippen molar-refractivity contribution in [2.45, 2.75) is 423 Å². The number of carbonyl (C=O) groups excluding carboxylic acids is 2. The fraction of sp³-hybridized carbons (Fsp3) is 0.873. The number of unbranched alkanes of at least 4 members (excludes halogenated alkanes) is 49. The van der Waals surface area contributed by atoms with Crippen LogP contribution in [0.3, 0.4) is 0 Å². The van der Waals surface area contributed by atoms with E-state index in [-0.39, 0.29) is 18.5 Å². The van der Waals surface area contributed by atoms with Gasteiger partial charge in [-0.15, -0.1) is 0 Å². The van der Waals surface area contributed by atoms with Crippen LogP contribution < -0.4 is 5.32 Å². The third kappa shape index (κ3) is 56.0. The van der Waals surface area contributed by atoms with E-state index in [2.05, 4.69) is 55.6 Å². The van der Waals surface area contributed by atoms with E-state index in [0.717, 1.165) is 64.2 Å². The van der Waals surface area contributed by atoms with E-state index in [1.807, 2.05) is 6.08 Å². The van der Waals surface area contributed by atoms with Gasteiger partial charge in [-0.3, -0.25) is 9.59 Å². The average Bonchev–Trinajstić information content (AvgIpc) is 0.982.